The van der Waals surface area contributed by atoms with Crippen LogP contribution in [0.2, 0.25) is 0 Å². The normalized spacial score (nSPS) is 52.9. The zero-order valence-electron chi connectivity index (χ0n) is 40.4. The highest BCUT2D eigenvalue weighted by molar-refractivity contribution is 5.60. The largest absolute Gasteiger partial charge is 0.459 e. The number of ether oxygens (including phenoxy) is 4. The molecule has 1 aromatic carbocycles. The highest BCUT2D eigenvalue weighted by Gasteiger charge is 2.79. The maximum atomic E-state index is 12.9. The fourth-order valence-corrected chi connectivity index (χ4v) is 17.9. The van der Waals surface area contributed by atoms with Crippen molar-refractivity contribution in [3.05, 3.63) is 62.7 Å². The SMILES string of the molecule is C[C@@H]1[C@]2(O[C@H]3C=C4[C@@H]5CC[C@H]6Cc7nc8c(nc7C[C@]6(C)[C@H]5C[C@@H](O)[C@]4(C)[C@]31O)C[C@@H]1CCc3c(cc4c5c3[C@H](O)C[C@@H]5[C@H](C)[C@]3(O4)OC(C)(C)[C@@H](C)[C@H]3O)[C@@]1(C)C8)O[C@](C)(CO)C[C@H]2O. The first-order valence-electron chi connectivity index (χ1n) is 25.6. The number of aliphatic hydroxyl groups excluding tert-OH is 5. The van der Waals surface area contributed by atoms with E-state index < -0.39 is 70.2 Å². The Hall–Kier alpha value is -2.52. The molecule has 12 heteroatoms. The molecule has 2 spiro atoms. The fraction of sp³-hybridized carbons (Fsp3) is 0.778. The first kappa shape index (κ1) is 43.5. The summed E-state index contributed by atoms with van der Waals surface area (Å²) >= 11 is 0. The molecule has 3 saturated heterocycles. The van der Waals surface area contributed by atoms with Gasteiger partial charge in [-0.3, -0.25) is 9.97 Å². The van der Waals surface area contributed by atoms with Crippen molar-refractivity contribution in [1.82, 2.24) is 9.97 Å². The standard InChI is InChI=1S/C54H72N2O10/c1-24-31-16-39(58)44-30-13-11-28-15-36-37(20-49(28,7)32(30)17-40(45(31)44)63-53(24)46(61)25(2)47(4,5)65-53)55-35-14-27-10-12-29-33(50(27,8)21-38(35)56-36)18-41(59)51(9)34(29)19-43-52(51,62)26(3)54(64-43)42(60)22-48(6,23-57)66-54/h17,19,24-29,31,33,39,41-43,46,57-62H,10-16,18,20-23H2,1-9H3/t24-,25-,26-,27-,28-,29+,31+,33-,39+,41+,42+,43-,46+,48-,49-,50-,51+,52+,53-,54-/m0/s1. The number of aromatic nitrogens is 2. The van der Waals surface area contributed by atoms with Gasteiger partial charge >= 0.3 is 0 Å². The third kappa shape index (κ3) is 4.89. The molecule has 11 aliphatic rings. The van der Waals surface area contributed by atoms with Gasteiger partial charge in [-0.1, -0.05) is 53.2 Å². The number of benzene rings is 1. The Morgan fingerprint density at radius 3 is 2.15 bits per heavy atom. The predicted octanol–water partition coefficient (Wildman–Crippen LogP) is 5.60. The molecular weight excluding hydrogens is 837 g/mol. The van der Waals surface area contributed by atoms with Crippen LogP contribution in [-0.4, -0.2) is 100 Å². The topological polar surface area (TPSA) is 184 Å². The lowest BCUT2D eigenvalue weighted by Crippen LogP contribution is -2.64. The lowest BCUT2D eigenvalue weighted by Gasteiger charge is -2.61. The maximum absolute atomic E-state index is 12.9. The van der Waals surface area contributed by atoms with Crippen LogP contribution in [0.1, 0.15) is 158 Å². The number of hydrogen-bond donors (Lipinski definition) is 6. The molecule has 1 aromatic heterocycles. The van der Waals surface area contributed by atoms with E-state index in [0.29, 0.717) is 24.7 Å². The number of hydrogen-bond acceptors (Lipinski definition) is 12. The van der Waals surface area contributed by atoms with E-state index in [4.69, 9.17) is 28.9 Å². The molecular formula is C54H72N2O10. The summed E-state index contributed by atoms with van der Waals surface area (Å²) in [6.07, 6.45) is 6.56. The lowest BCUT2D eigenvalue weighted by atomic mass is 9.44. The summed E-state index contributed by atoms with van der Waals surface area (Å²) in [5.41, 5.74) is 5.79. The van der Waals surface area contributed by atoms with Gasteiger partial charge in [0.05, 0.1) is 52.8 Å². The lowest BCUT2D eigenvalue weighted by molar-refractivity contribution is -0.280. The molecule has 0 bridgehead atoms. The molecule has 7 aliphatic carbocycles. The van der Waals surface area contributed by atoms with Gasteiger partial charge in [0.15, 0.2) is 0 Å². The van der Waals surface area contributed by atoms with Crippen LogP contribution in [-0.2, 0) is 51.7 Å². The molecule has 13 rings (SSSR count). The molecule has 6 N–H and O–H groups in total. The molecule has 2 aromatic rings. The Labute approximate surface area is 388 Å². The van der Waals surface area contributed by atoms with Crippen LogP contribution in [0.15, 0.2) is 17.7 Å². The van der Waals surface area contributed by atoms with Crippen LogP contribution in [0.25, 0.3) is 0 Å². The number of aliphatic hydroxyl groups is 6. The van der Waals surface area contributed by atoms with Crippen LogP contribution in [0.4, 0.5) is 0 Å². The van der Waals surface area contributed by atoms with E-state index in [1.165, 1.54) is 11.1 Å². The number of nitrogens with zero attached hydrogens (tertiary/aromatic N) is 2. The average molecular weight is 909 g/mol. The molecule has 2 saturated carbocycles. The van der Waals surface area contributed by atoms with Gasteiger partial charge in [0.25, 0.3) is 0 Å². The predicted molar refractivity (Wildman–Crippen MR) is 241 cm³/mol. The second kappa shape index (κ2) is 13.1. The zero-order chi connectivity index (χ0) is 46.4. The number of rotatable bonds is 1. The zero-order valence-corrected chi connectivity index (χ0v) is 40.4. The van der Waals surface area contributed by atoms with Crippen LogP contribution in [0, 0.1) is 52.3 Å². The van der Waals surface area contributed by atoms with Gasteiger partial charge < -0.3 is 49.6 Å². The van der Waals surface area contributed by atoms with Crippen molar-refractivity contribution in [2.24, 2.45) is 52.3 Å². The van der Waals surface area contributed by atoms with Gasteiger partial charge in [-0.15, -0.1) is 0 Å². The Balaban J connectivity index is 0.811. The Kier molecular flexibility index (Phi) is 8.61. The van der Waals surface area contributed by atoms with E-state index in [9.17, 15) is 30.6 Å². The summed E-state index contributed by atoms with van der Waals surface area (Å²) in [4.78, 5) is 11.2. The van der Waals surface area contributed by atoms with Crippen molar-refractivity contribution in [3.63, 3.8) is 0 Å². The molecule has 0 unspecified atom stereocenters. The maximum Gasteiger partial charge on any atom is 0.240 e. The molecule has 12 nitrogen and oxygen atoms in total. The van der Waals surface area contributed by atoms with Crippen molar-refractivity contribution in [3.8, 4) is 5.75 Å². The van der Waals surface area contributed by atoms with Crippen LogP contribution in [0.3, 0.4) is 0 Å². The quantitative estimate of drug-likeness (QED) is 0.195. The monoisotopic (exact) mass is 909 g/mol. The van der Waals surface area contributed by atoms with E-state index in [-0.39, 0.29) is 53.4 Å². The van der Waals surface area contributed by atoms with Crippen molar-refractivity contribution in [2.75, 3.05) is 6.61 Å². The van der Waals surface area contributed by atoms with Gasteiger partial charge in [-0.2, -0.15) is 0 Å². The minimum Gasteiger partial charge on any atom is -0.459 e. The van der Waals surface area contributed by atoms with Crippen molar-refractivity contribution >= 4 is 0 Å². The summed E-state index contributed by atoms with van der Waals surface area (Å²) in [6, 6.07) is 2.27. The van der Waals surface area contributed by atoms with Gasteiger partial charge in [0.2, 0.25) is 11.6 Å². The molecule has 5 fully saturated rings. The first-order valence-corrected chi connectivity index (χ1v) is 25.6. The summed E-state index contributed by atoms with van der Waals surface area (Å²) in [7, 11) is 0. The third-order valence-corrected chi connectivity index (χ3v) is 22.2. The van der Waals surface area contributed by atoms with Gasteiger partial charge in [0.1, 0.15) is 29.7 Å². The first-order chi connectivity index (χ1) is 31.0. The number of fused-ring (bicyclic) bond motifs is 13. The molecule has 20 atom stereocenters. The van der Waals surface area contributed by atoms with Crippen molar-refractivity contribution < 1.29 is 49.6 Å². The molecule has 66 heavy (non-hydrogen) atoms. The summed E-state index contributed by atoms with van der Waals surface area (Å²) in [5.74, 6) is -1.71. The van der Waals surface area contributed by atoms with E-state index >= 15 is 0 Å². The Morgan fingerprint density at radius 2 is 1.47 bits per heavy atom. The minimum absolute atomic E-state index is 0.0369. The third-order valence-electron chi connectivity index (χ3n) is 22.2. The highest BCUT2D eigenvalue weighted by Crippen LogP contribution is 2.71. The Morgan fingerprint density at radius 1 is 0.758 bits per heavy atom. The van der Waals surface area contributed by atoms with E-state index in [0.717, 1.165) is 96.6 Å². The second-order valence-electron chi connectivity index (χ2n) is 25.4. The molecule has 0 amide bonds. The fourth-order valence-electron chi connectivity index (χ4n) is 17.9. The minimum atomic E-state index is -1.50. The van der Waals surface area contributed by atoms with Crippen LogP contribution >= 0.6 is 0 Å². The summed E-state index contributed by atoms with van der Waals surface area (Å²) in [5, 5.41) is 70.7. The Bertz CT molecular complexity index is 2510. The van der Waals surface area contributed by atoms with Gasteiger partial charge in [0, 0.05) is 47.0 Å². The van der Waals surface area contributed by atoms with Crippen molar-refractivity contribution in [2.45, 2.75) is 203 Å². The molecule has 0 radical (unpaired) electrons. The molecule has 4 aliphatic heterocycles. The van der Waals surface area contributed by atoms with Gasteiger partial charge in [-0.25, -0.2) is 0 Å². The average Bonchev–Trinajstić information content (AvgIpc) is 3.94. The summed E-state index contributed by atoms with van der Waals surface area (Å²) in [6.45, 7) is 18.5. The molecule has 358 valence electrons. The summed E-state index contributed by atoms with van der Waals surface area (Å²) < 4.78 is 26.8. The second-order valence-corrected chi connectivity index (χ2v) is 25.4. The van der Waals surface area contributed by atoms with E-state index in [1.807, 2.05) is 34.6 Å². The van der Waals surface area contributed by atoms with E-state index in [2.05, 4.69) is 32.9 Å². The van der Waals surface area contributed by atoms with Gasteiger partial charge in [-0.05, 0) is 136 Å². The highest BCUT2D eigenvalue weighted by atomic mass is 16.7. The van der Waals surface area contributed by atoms with Crippen molar-refractivity contribution in [1.29, 1.82) is 0 Å². The van der Waals surface area contributed by atoms with Crippen LogP contribution < -0.4 is 4.74 Å². The van der Waals surface area contributed by atoms with E-state index in [1.54, 1.807) is 6.92 Å². The van der Waals surface area contributed by atoms with Crippen LogP contribution in [0.5, 0.6) is 5.75 Å². The smallest absolute Gasteiger partial charge is 0.240 e. The molecule has 5 heterocycles.